The van der Waals surface area contributed by atoms with Gasteiger partial charge in [0.1, 0.15) is 6.04 Å². The third-order valence-electron chi connectivity index (χ3n) is 3.59. The first kappa shape index (κ1) is 14.4. The number of hydrogen-bond donors (Lipinski definition) is 2. The molecule has 1 saturated heterocycles. The number of carbonyl (C=O) groups is 2. The number of likely N-dealkylation sites (tertiary alicyclic amines) is 1. The Kier molecular flexibility index (Phi) is 4.61. The van der Waals surface area contributed by atoms with Gasteiger partial charge in [-0.3, -0.25) is 0 Å². The van der Waals surface area contributed by atoms with Crippen molar-refractivity contribution in [2.75, 3.05) is 13.1 Å². The van der Waals surface area contributed by atoms with Crippen molar-refractivity contribution >= 4 is 12.0 Å². The van der Waals surface area contributed by atoms with Crippen LogP contribution in [0.25, 0.3) is 0 Å². The number of carboxylic acid groups (broad SMARTS) is 1. The van der Waals surface area contributed by atoms with Gasteiger partial charge in [0.05, 0.1) is 0 Å². The van der Waals surface area contributed by atoms with E-state index >= 15 is 0 Å². The Labute approximate surface area is 118 Å². The maximum atomic E-state index is 12.0. The number of benzene rings is 1. The summed E-state index contributed by atoms with van der Waals surface area (Å²) in [5.41, 5.74) is 0.898. The zero-order valence-corrected chi connectivity index (χ0v) is 11.6. The number of aliphatic carboxylic acids is 1. The fourth-order valence-corrected chi connectivity index (χ4v) is 2.41. The summed E-state index contributed by atoms with van der Waals surface area (Å²) >= 11 is 0. The van der Waals surface area contributed by atoms with Gasteiger partial charge in [0.15, 0.2) is 0 Å². The van der Waals surface area contributed by atoms with Crippen LogP contribution in [0.2, 0.25) is 0 Å². The zero-order valence-electron chi connectivity index (χ0n) is 11.6. The van der Waals surface area contributed by atoms with Gasteiger partial charge in [-0.2, -0.15) is 0 Å². The van der Waals surface area contributed by atoms with Gasteiger partial charge in [-0.05, 0) is 17.9 Å². The van der Waals surface area contributed by atoms with Crippen LogP contribution in [0.1, 0.15) is 18.9 Å². The Bertz CT molecular complexity index is 475. The molecule has 0 spiro atoms. The summed E-state index contributed by atoms with van der Waals surface area (Å²) < 4.78 is 0. The first-order valence-corrected chi connectivity index (χ1v) is 6.88. The van der Waals surface area contributed by atoms with E-state index < -0.39 is 12.0 Å². The van der Waals surface area contributed by atoms with Gasteiger partial charge in [0, 0.05) is 19.5 Å². The molecule has 1 unspecified atom stereocenters. The second kappa shape index (κ2) is 6.41. The minimum atomic E-state index is -1.01. The van der Waals surface area contributed by atoms with Crippen LogP contribution in [0.5, 0.6) is 0 Å². The highest BCUT2D eigenvalue weighted by molar-refractivity contribution is 5.83. The average molecular weight is 276 g/mol. The average Bonchev–Trinajstić information content (AvgIpc) is 2.86. The van der Waals surface area contributed by atoms with Gasteiger partial charge >= 0.3 is 12.0 Å². The summed E-state index contributed by atoms with van der Waals surface area (Å²) in [4.78, 5) is 25.0. The molecule has 2 N–H and O–H groups in total. The molecule has 0 aliphatic carbocycles. The Morgan fingerprint density at radius 3 is 2.65 bits per heavy atom. The first-order valence-electron chi connectivity index (χ1n) is 6.88. The molecule has 1 aliphatic heterocycles. The van der Waals surface area contributed by atoms with Crippen LogP contribution in [0.15, 0.2) is 30.3 Å². The van der Waals surface area contributed by atoms with E-state index in [9.17, 15) is 14.7 Å². The number of nitrogens with one attached hydrogen (secondary N) is 1. The van der Waals surface area contributed by atoms with E-state index in [2.05, 4.69) is 12.2 Å². The lowest BCUT2D eigenvalue weighted by atomic mass is 10.1. The summed E-state index contributed by atoms with van der Waals surface area (Å²) in [5.74, 6) is -0.521. The molecule has 0 bridgehead atoms. The second-order valence-corrected chi connectivity index (χ2v) is 5.37. The monoisotopic (exact) mass is 276 g/mol. The summed E-state index contributed by atoms with van der Waals surface area (Å²) in [6.45, 7) is 3.49. The van der Waals surface area contributed by atoms with E-state index in [1.165, 1.54) is 0 Å². The van der Waals surface area contributed by atoms with Crippen LogP contribution in [0, 0.1) is 5.92 Å². The molecule has 5 heteroatoms. The van der Waals surface area contributed by atoms with Crippen molar-refractivity contribution in [3.63, 3.8) is 0 Å². The van der Waals surface area contributed by atoms with Crippen LogP contribution in [0.4, 0.5) is 4.79 Å². The number of hydrogen-bond acceptors (Lipinski definition) is 2. The van der Waals surface area contributed by atoms with Crippen LogP contribution in [-0.2, 0) is 11.2 Å². The predicted octanol–water partition coefficient (Wildman–Crippen LogP) is 1.73. The van der Waals surface area contributed by atoms with E-state index in [-0.39, 0.29) is 6.03 Å². The Balaban J connectivity index is 1.96. The predicted molar refractivity (Wildman–Crippen MR) is 75.5 cm³/mol. The molecule has 0 aromatic heterocycles. The quantitative estimate of drug-likeness (QED) is 0.880. The molecule has 2 amide bonds. The molecular formula is C15H20N2O3. The van der Waals surface area contributed by atoms with Crippen LogP contribution in [0.3, 0.4) is 0 Å². The van der Waals surface area contributed by atoms with Crippen LogP contribution in [-0.4, -0.2) is 41.1 Å². The number of carboxylic acids is 1. The topological polar surface area (TPSA) is 69.6 Å². The maximum absolute atomic E-state index is 12.0. The van der Waals surface area contributed by atoms with Gasteiger partial charge in [-0.1, -0.05) is 37.3 Å². The summed E-state index contributed by atoms with van der Waals surface area (Å²) in [5, 5.41) is 11.9. The molecule has 2 rings (SSSR count). The molecule has 0 saturated carbocycles. The molecule has 1 aromatic rings. The Morgan fingerprint density at radius 2 is 2.10 bits per heavy atom. The summed E-state index contributed by atoms with van der Waals surface area (Å²) in [7, 11) is 0. The number of nitrogens with zero attached hydrogens (tertiary/aromatic N) is 1. The minimum Gasteiger partial charge on any atom is -0.480 e. The van der Waals surface area contributed by atoms with Crippen molar-refractivity contribution in [1.29, 1.82) is 0 Å². The molecule has 108 valence electrons. The fourth-order valence-electron chi connectivity index (χ4n) is 2.41. The highest BCUT2D eigenvalue weighted by Gasteiger charge is 2.27. The third-order valence-corrected chi connectivity index (χ3v) is 3.59. The summed E-state index contributed by atoms with van der Waals surface area (Å²) in [6, 6.07) is 8.15. The van der Waals surface area contributed by atoms with Gasteiger partial charge in [-0.25, -0.2) is 9.59 Å². The zero-order chi connectivity index (χ0) is 14.5. The lowest BCUT2D eigenvalue weighted by molar-refractivity contribution is -0.139. The van der Waals surface area contributed by atoms with E-state index in [1.807, 2.05) is 30.3 Å². The van der Waals surface area contributed by atoms with Crippen LogP contribution >= 0.6 is 0 Å². The molecule has 0 radical (unpaired) electrons. The van der Waals surface area contributed by atoms with E-state index in [0.717, 1.165) is 12.0 Å². The molecular weight excluding hydrogens is 256 g/mol. The van der Waals surface area contributed by atoms with Crippen molar-refractivity contribution in [2.24, 2.45) is 5.92 Å². The summed E-state index contributed by atoms with van der Waals surface area (Å²) in [6.07, 6.45) is 1.27. The van der Waals surface area contributed by atoms with Gasteiger partial charge in [0.25, 0.3) is 0 Å². The third kappa shape index (κ3) is 3.73. The highest BCUT2D eigenvalue weighted by atomic mass is 16.4. The normalized spacial score (nSPS) is 19.6. The number of amides is 2. The van der Waals surface area contributed by atoms with Gasteiger partial charge in [-0.15, -0.1) is 0 Å². The Morgan fingerprint density at radius 1 is 1.40 bits per heavy atom. The van der Waals surface area contributed by atoms with E-state index in [1.54, 1.807) is 4.90 Å². The molecule has 20 heavy (non-hydrogen) atoms. The van der Waals surface area contributed by atoms with Crippen molar-refractivity contribution in [3.05, 3.63) is 35.9 Å². The molecule has 2 atom stereocenters. The standard InChI is InChI=1S/C15H20N2O3/c1-11-7-8-17(10-11)15(20)16-13(14(18)19)9-12-5-3-2-4-6-12/h2-6,11,13H,7-10H2,1H3,(H,16,20)(H,18,19)/t11?,13-/m0/s1. The SMILES string of the molecule is CC1CCN(C(=O)N[C@@H](Cc2ccccc2)C(=O)O)C1. The van der Waals surface area contributed by atoms with Crippen molar-refractivity contribution < 1.29 is 14.7 Å². The smallest absolute Gasteiger partial charge is 0.326 e. The number of rotatable bonds is 4. The van der Waals surface area contributed by atoms with E-state index in [4.69, 9.17) is 0 Å². The maximum Gasteiger partial charge on any atom is 0.326 e. The fraction of sp³-hybridized carbons (Fsp3) is 0.467. The minimum absolute atomic E-state index is 0.280. The molecule has 1 aromatic carbocycles. The second-order valence-electron chi connectivity index (χ2n) is 5.37. The highest BCUT2D eigenvalue weighted by Crippen LogP contribution is 2.15. The largest absolute Gasteiger partial charge is 0.480 e. The number of carbonyl (C=O) groups excluding carboxylic acids is 1. The lowest BCUT2D eigenvalue weighted by Gasteiger charge is -2.21. The van der Waals surface area contributed by atoms with E-state index in [0.29, 0.717) is 25.4 Å². The lowest BCUT2D eigenvalue weighted by Crippen LogP contribution is -2.48. The number of urea groups is 1. The van der Waals surface area contributed by atoms with Crippen molar-refractivity contribution in [1.82, 2.24) is 10.2 Å². The molecule has 1 aliphatic rings. The molecule has 5 nitrogen and oxygen atoms in total. The van der Waals surface area contributed by atoms with Crippen molar-refractivity contribution in [2.45, 2.75) is 25.8 Å². The first-order chi connectivity index (χ1) is 9.56. The molecule has 1 heterocycles. The van der Waals surface area contributed by atoms with Crippen LogP contribution < -0.4 is 5.32 Å². The molecule has 1 fully saturated rings. The van der Waals surface area contributed by atoms with Gasteiger partial charge < -0.3 is 15.3 Å². The van der Waals surface area contributed by atoms with Crippen molar-refractivity contribution in [3.8, 4) is 0 Å². The Hall–Kier alpha value is -2.04. The van der Waals surface area contributed by atoms with Gasteiger partial charge in [0.2, 0.25) is 0 Å².